The number of non-ortho nitro benzene ring substituents is 1. The van der Waals surface area contributed by atoms with E-state index in [4.69, 9.17) is 4.74 Å². The maximum Gasteiger partial charge on any atom is 0.270 e. The number of nitrogens with one attached hydrogen (secondary N) is 1. The molecule has 176 valence electrons. The van der Waals surface area contributed by atoms with Crippen LogP contribution in [0.5, 0.6) is 0 Å². The molecule has 0 bridgehead atoms. The lowest BCUT2D eigenvalue weighted by molar-refractivity contribution is -0.384. The monoisotopic (exact) mass is 461 g/mol. The summed E-state index contributed by atoms with van der Waals surface area (Å²) >= 11 is 0. The van der Waals surface area contributed by atoms with Gasteiger partial charge < -0.3 is 15.0 Å². The van der Waals surface area contributed by atoms with Crippen LogP contribution >= 0.6 is 0 Å². The lowest BCUT2D eigenvalue weighted by atomic mass is 10.1. The van der Waals surface area contributed by atoms with Gasteiger partial charge in [0.15, 0.2) is 5.82 Å². The molecule has 9 heteroatoms. The maximum absolute atomic E-state index is 12.9. The number of amides is 1. The average molecular weight is 462 g/mol. The number of hydrogen-bond donors (Lipinski definition) is 1. The minimum absolute atomic E-state index is 0.00672. The van der Waals surface area contributed by atoms with E-state index >= 15 is 0 Å². The molecule has 1 N–H and O–H groups in total. The van der Waals surface area contributed by atoms with Crippen LogP contribution in [0.3, 0.4) is 0 Å². The van der Waals surface area contributed by atoms with Crippen molar-refractivity contribution in [3.05, 3.63) is 81.5 Å². The smallest absolute Gasteiger partial charge is 0.270 e. The first kappa shape index (κ1) is 23.3. The third-order valence-corrected chi connectivity index (χ3v) is 5.55. The van der Waals surface area contributed by atoms with Gasteiger partial charge in [-0.05, 0) is 38.5 Å². The Morgan fingerprint density at radius 1 is 1.12 bits per heavy atom. The summed E-state index contributed by atoms with van der Waals surface area (Å²) in [7, 11) is 0. The fraction of sp³-hybridized carbons (Fsp3) is 0.320. The number of carbonyl (C=O) groups excluding carboxylic acids is 1. The fourth-order valence-corrected chi connectivity index (χ4v) is 4.03. The van der Waals surface area contributed by atoms with Crippen LogP contribution in [0.2, 0.25) is 0 Å². The largest absolute Gasteiger partial charge is 0.372 e. The van der Waals surface area contributed by atoms with Crippen molar-refractivity contribution < 1.29 is 14.5 Å². The molecule has 1 fully saturated rings. The molecule has 1 amide bonds. The standard InChI is InChI=1S/C25H27N5O4/c1-16-11-23(28-24(27-16)21-5-4-6-22(12-21)30(32)33)26-13-19-7-9-20(10-8-19)25(31)29-14-17(2)34-18(3)15-29/h4-12,17-18H,13-15H2,1-3H3,(H,26,27,28). The number of rotatable bonds is 6. The summed E-state index contributed by atoms with van der Waals surface area (Å²) in [6.45, 7) is 7.49. The van der Waals surface area contributed by atoms with Crippen molar-refractivity contribution in [2.45, 2.75) is 39.5 Å². The zero-order valence-electron chi connectivity index (χ0n) is 19.4. The third kappa shape index (κ3) is 5.55. The van der Waals surface area contributed by atoms with Gasteiger partial charge in [-0.15, -0.1) is 0 Å². The summed E-state index contributed by atoms with van der Waals surface area (Å²) in [4.78, 5) is 34.3. The van der Waals surface area contributed by atoms with Crippen LogP contribution < -0.4 is 5.32 Å². The number of anilines is 1. The molecule has 1 saturated heterocycles. The Hall–Kier alpha value is -3.85. The van der Waals surface area contributed by atoms with Gasteiger partial charge in [-0.25, -0.2) is 9.97 Å². The summed E-state index contributed by atoms with van der Waals surface area (Å²) in [6.07, 6.45) is 0.0545. The average Bonchev–Trinajstić information content (AvgIpc) is 2.82. The highest BCUT2D eigenvalue weighted by Crippen LogP contribution is 2.23. The number of morpholine rings is 1. The molecule has 1 aliphatic heterocycles. The van der Waals surface area contributed by atoms with Gasteiger partial charge >= 0.3 is 0 Å². The zero-order valence-corrected chi connectivity index (χ0v) is 19.4. The highest BCUT2D eigenvalue weighted by molar-refractivity contribution is 5.94. The number of aromatic nitrogens is 2. The van der Waals surface area contributed by atoms with Crippen molar-refractivity contribution in [1.29, 1.82) is 0 Å². The molecule has 2 atom stereocenters. The number of aryl methyl sites for hydroxylation is 1. The Kier molecular flexibility index (Phi) is 6.83. The van der Waals surface area contributed by atoms with Gasteiger partial charge in [0.1, 0.15) is 5.82 Å². The number of hydrogen-bond acceptors (Lipinski definition) is 7. The molecule has 0 radical (unpaired) electrons. The molecule has 2 unspecified atom stereocenters. The van der Waals surface area contributed by atoms with Gasteiger partial charge in [0.05, 0.1) is 17.1 Å². The predicted octanol–water partition coefficient (Wildman–Crippen LogP) is 4.22. The summed E-state index contributed by atoms with van der Waals surface area (Å²) in [5.74, 6) is 1.04. The van der Waals surface area contributed by atoms with Gasteiger partial charge in [-0.2, -0.15) is 0 Å². The van der Waals surface area contributed by atoms with Gasteiger partial charge in [-0.1, -0.05) is 24.3 Å². The van der Waals surface area contributed by atoms with Crippen molar-refractivity contribution in [2.75, 3.05) is 18.4 Å². The Bertz CT molecular complexity index is 1190. The van der Waals surface area contributed by atoms with E-state index in [1.165, 1.54) is 12.1 Å². The molecule has 0 spiro atoms. The van der Waals surface area contributed by atoms with Gasteiger partial charge in [0.25, 0.3) is 11.6 Å². The normalized spacial score (nSPS) is 17.9. The second-order valence-corrected chi connectivity index (χ2v) is 8.54. The fourth-order valence-electron chi connectivity index (χ4n) is 4.03. The van der Waals surface area contributed by atoms with E-state index in [2.05, 4.69) is 15.3 Å². The highest BCUT2D eigenvalue weighted by atomic mass is 16.6. The first-order chi connectivity index (χ1) is 16.3. The van der Waals surface area contributed by atoms with Crippen molar-refractivity contribution in [1.82, 2.24) is 14.9 Å². The summed E-state index contributed by atoms with van der Waals surface area (Å²) in [6, 6.07) is 15.6. The SMILES string of the molecule is Cc1cc(NCc2ccc(C(=O)N3CC(C)OC(C)C3)cc2)nc(-c2cccc([N+](=O)[O-])c2)n1. The molecule has 4 rings (SSSR count). The van der Waals surface area contributed by atoms with Crippen LogP contribution in [0.4, 0.5) is 11.5 Å². The minimum atomic E-state index is -0.437. The van der Waals surface area contributed by atoms with Crippen molar-refractivity contribution in [3.63, 3.8) is 0 Å². The zero-order chi connectivity index (χ0) is 24.2. The molecule has 9 nitrogen and oxygen atoms in total. The molecule has 0 aliphatic carbocycles. The molecule has 0 saturated carbocycles. The number of carbonyl (C=O) groups is 1. The summed E-state index contributed by atoms with van der Waals surface area (Å²) in [5, 5.41) is 14.4. The first-order valence-electron chi connectivity index (χ1n) is 11.2. The number of nitro benzene ring substituents is 1. The van der Waals surface area contributed by atoms with E-state index in [0.717, 1.165) is 11.3 Å². The van der Waals surface area contributed by atoms with Crippen LogP contribution in [-0.2, 0) is 11.3 Å². The Balaban J connectivity index is 1.43. The van der Waals surface area contributed by atoms with Gasteiger partial charge in [0, 0.05) is 54.7 Å². The number of nitrogens with zero attached hydrogens (tertiary/aromatic N) is 4. The van der Waals surface area contributed by atoms with E-state index < -0.39 is 4.92 Å². The van der Waals surface area contributed by atoms with E-state index in [1.807, 2.05) is 56.0 Å². The minimum Gasteiger partial charge on any atom is -0.372 e. The molecule has 34 heavy (non-hydrogen) atoms. The van der Waals surface area contributed by atoms with Crippen LogP contribution in [0.15, 0.2) is 54.6 Å². The molecule has 1 aromatic heterocycles. The van der Waals surface area contributed by atoms with E-state index in [9.17, 15) is 14.9 Å². The van der Waals surface area contributed by atoms with Crippen molar-refractivity contribution >= 4 is 17.4 Å². The quantitative estimate of drug-likeness (QED) is 0.432. The third-order valence-electron chi connectivity index (χ3n) is 5.55. The number of ether oxygens (including phenoxy) is 1. The highest BCUT2D eigenvalue weighted by Gasteiger charge is 2.26. The second-order valence-electron chi connectivity index (χ2n) is 8.54. The van der Waals surface area contributed by atoms with E-state index in [-0.39, 0.29) is 23.8 Å². The molecule has 1 aliphatic rings. The Labute approximate surface area is 198 Å². The molecule has 2 heterocycles. The first-order valence-corrected chi connectivity index (χ1v) is 11.2. The molecular formula is C25H27N5O4. The molecule has 3 aromatic rings. The molecule has 2 aromatic carbocycles. The lowest BCUT2D eigenvalue weighted by Gasteiger charge is -2.35. The van der Waals surface area contributed by atoms with Crippen LogP contribution in [0.1, 0.15) is 35.5 Å². The van der Waals surface area contributed by atoms with Crippen molar-refractivity contribution in [3.8, 4) is 11.4 Å². The van der Waals surface area contributed by atoms with Gasteiger partial charge in [-0.3, -0.25) is 14.9 Å². The number of nitro groups is 1. The van der Waals surface area contributed by atoms with Gasteiger partial charge in [0.2, 0.25) is 0 Å². The second kappa shape index (κ2) is 9.96. The maximum atomic E-state index is 12.9. The van der Waals surface area contributed by atoms with Crippen LogP contribution in [0, 0.1) is 17.0 Å². The Morgan fingerprint density at radius 2 is 1.82 bits per heavy atom. The van der Waals surface area contributed by atoms with E-state index in [0.29, 0.717) is 42.4 Å². The van der Waals surface area contributed by atoms with Crippen LogP contribution in [0.25, 0.3) is 11.4 Å². The topological polar surface area (TPSA) is 110 Å². The number of benzene rings is 2. The van der Waals surface area contributed by atoms with Crippen molar-refractivity contribution in [2.24, 2.45) is 0 Å². The lowest BCUT2D eigenvalue weighted by Crippen LogP contribution is -2.48. The summed E-state index contributed by atoms with van der Waals surface area (Å²) < 4.78 is 5.71. The predicted molar refractivity (Wildman–Crippen MR) is 129 cm³/mol. The summed E-state index contributed by atoms with van der Waals surface area (Å²) in [5.41, 5.74) is 2.96. The van der Waals surface area contributed by atoms with E-state index in [1.54, 1.807) is 12.1 Å². The molecular weight excluding hydrogens is 434 g/mol. The van der Waals surface area contributed by atoms with Crippen LogP contribution in [-0.4, -0.2) is 51.0 Å². The Morgan fingerprint density at radius 3 is 2.50 bits per heavy atom.